The van der Waals surface area contributed by atoms with Crippen LogP contribution in [0.4, 0.5) is 0 Å². The molecule has 1 spiro atoms. The van der Waals surface area contributed by atoms with E-state index < -0.39 is 6.10 Å². The molecule has 1 saturated carbocycles. The summed E-state index contributed by atoms with van der Waals surface area (Å²) in [5.41, 5.74) is 3.54. The molecule has 5 heteroatoms. The monoisotopic (exact) mass is 403 g/mol. The number of aryl methyl sites for hydroxylation is 1. The highest BCUT2D eigenvalue weighted by Crippen LogP contribution is 2.63. The predicted octanol–water partition coefficient (Wildman–Crippen LogP) is 3.45. The van der Waals surface area contributed by atoms with Crippen molar-refractivity contribution in [2.75, 3.05) is 13.6 Å². The highest BCUT2D eigenvalue weighted by atomic mass is 16.6. The zero-order valence-corrected chi connectivity index (χ0v) is 17.3. The molecule has 2 bridgehead atoms. The Morgan fingerprint density at radius 2 is 2.07 bits per heavy atom. The first-order valence-electron chi connectivity index (χ1n) is 10.8. The Morgan fingerprint density at radius 1 is 1.23 bits per heavy atom. The molecule has 0 amide bonds. The number of likely N-dealkylation sites (N-methyl/N-ethyl adjacent to an activating group) is 1. The minimum Gasteiger partial charge on any atom is -0.477 e. The van der Waals surface area contributed by atoms with Crippen LogP contribution in [0.5, 0.6) is 11.5 Å². The van der Waals surface area contributed by atoms with Crippen LogP contribution in [0.2, 0.25) is 0 Å². The minimum atomic E-state index is -0.445. The molecule has 1 saturated heterocycles. The van der Waals surface area contributed by atoms with Crippen LogP contribution in [0.1, 0.15) is 46.3 Å². The Balaban J connectivity index is 1.47. The molecule has 0 unspecified atom stereocenters. The van der Waals surface area contributed by atoms with Crippen LogP contribution in [-0.4, -0.2) is 42.4 Å². The zero-order valence-electron chi connectivity index (χ0n) is 17.3. The standard InChI is InChI=1S/C25H25NO4/c1-14-5-3-4-6-16(14)24(28)29-20-10-7-15-13-18-17-8-9-19(27)23-25(17,11-12-26(18)2)21(15)22(20)30-23/h3-7,10,17-18,23H,8-9,11-13H2,1-2H3/t17-,18+,23-,25-/m0/s1. The third-order valence-electron chi connectivity index (χ3n) is 7.94. The lowest BCUT2D eigenvalue weighted by molar-refractivity contribution is -0.138. The summed E-state index contributed by atoms with van der Waals surface area (Å²) in [5, 5.41) is 0. The van der Waals surface area contributed by atoms with Gasteiger partial charge in [0.2, 0.25) is 0 Å². The second-order valence-electron chi connectivity index (χ2n) is 9.28. The van der Waals surface area contributed by atoms with Gasteiger partial charge in [0.15, 0.2) is 23.4 Å². The first-order valence-corrected chi connectivity index (χ1v) is 10.8. The summed E-state index contributed by atoms with van der Waals surface area (Å²) in [6.07, 6.45) is 2.92. The predicted molar refractivity (Wildman–Crippen MR) is 111 cm³/mol. The second kappa shape index (κ2) is 6.17. The van der Waals surface area contributed by atoms with Crippen molar-refractivity contribution in [3.63, 3.8) is 0 Å². The maximum atomic E-state index is 13.0. The Morgan fingerprint density at radius 3 is 2.90 bits per heavy atom. The molecule has 6 rings (SSSR count). The highest BCUT2D eigenvalue weighted by molar-refractivity contribution is 5.93. The molecule has 2 fully saturated rings. The maximum absolute atomic E-state index is 13.0. The lowest BCUT2D eigenvalue weighted by Crippen LogP contribution is -2.65. The molecule has 2 heterocycles. The number of ether oxygens (including phenoxy) is 2. The quantitative estimate of drug-likeness (QED) is 0.568. The SMILES string of the molecule is Cc1ccccc1C(=O)Oc1ccc2c3c1O[C@H]1C(=O)CC[C@H]4[C@@H](C2)N(C)CC[C@]314. The van der Waals surface area contributed by atoms with Crippen molar-refractivity contribution in [3.05, 3.63) is 58.7 Å². The summed E-state index contributed by atoms with van der Waals surface area (Å²) in [6, 6.07) is 11.8. The lowest BCUT2D eigenvalue weighted by Gasteiger charge is -2.57. The molecule has 30 heavy (non-hydrogen) atoms. The second-order valence-corrected chi connectivity index (χ2v) is 9.28. The lowest BCUT2D eigenvalue weighted by atomic mass is 9.52. The van der Waals surface area contributed by atoms with E-state index in [0.717, 1.165) is 36.9 Å². The number of Topliss-reactive ketones (excluding diaryl/α,β-unsaturated/α-hetero) is 1. The van der Waals surface area contributed by atoms with E-state index in [-0.39, 0.29) is 17.2 Å². The number of hydrogen-bond acceptors (Lipinski definition) is 5. The first-order chi connectivity index (χ1) is 14.5. The Hall–Kier alpha value is -2.66. The van der Waals surface area contributed by atoms with Gasteiger partial charge in [-0.3, -0.25) is 4.79 Å². The molecule has 0 aromatic heterocycles. The van der Waals surface area contributed by atoms with Crippen molar-refractivity contribution in [2.24, 2.45) is 5.92 Å². The Kier molecular flexibility index (Phi) is 3.73. The van der Waals surface area contributed by atoms with Gasteiger partial charge in [-0.2, -0.15) is 0 Å². The van der Waals surface area contributed by atoms with Crippen molar-refractivity contribution in [1.29, 1.82) is 0 Å². The fraction of sp³-hybridized carbons (Fsp3) is 0.440. The molecule has 0 radical (unpaired) electrons. The average molecular weight is 403 g/mol. The number of ketones is 1. The van der Waals surface area contributed by atoms with Crippen molar-refractivity contribution >= 4 is 11.8 Å². The van der Waals surface area contributed by atoms with E-state index in [0.29, 0.717) is 35.4 Å². The van der Waals surface area contributed by atoms with Crippen LogP contribution in [0.3, 0.4) is 0 Å². The zero-order chi connectivity index (χ0) is 20.6. The molecule has 2 aromatic carbocycles. The van der Waals surface area contributed by atoms with Gasteiger partial charge in [-0.15, -0.1) is 0 Å². The van der Waals surface area contributed by atoms with Crippen molar-refractivity contribution < 1.29 is 19.1 Å². The van der Waals surface area contributed by atoms with Gasteiger partial charge >= 0.3 is 5.97 Å². The largest absolute Gasteiger partial charge is 0.477 e. The molecule has 4 aliphatic rings. The molecule has 2 aromatic rings. The van der Waals surface area contributed by atoms with Crippen molar-refractivity contribution in [2.45, 2.75) is 50.2 Å². The smallest absolute Gasteiger partial charge is 0.343 e. The van der Waals surface area contributed by atoms with Crippen LogP contribution in [-0.2, 0) is 16.6 Å². The fourth-order valence-electron chi connectivity index (χ4n) is 6.55. The van der Waals surface area contributed by atoms with Crippen LogP contribution in [0.15, 0.2) is 36.4 Å². The van der Waals surface area contributed by atoms with E-state index in [1.165, 1.54) is 5.56 Å². The molecule has 5 nitrogen and oxygen atoms in total. The Labute approximate surface area is 176 Å². The van der Waals surface area contributed by atoms with Gasteiger partial charge in [0, 0.05) is 23.4 Å². The topological polar surface area (TPSA) is 55.8 Å². The first kappa shape index (κ1) is 18.1. The molecule has 2 aliphatic heterocycles. The summed E-state index contributed by atoms with van der Waals surface area (Å²) in [4.78, 5) is 28.3. The van der Waals surface area contributed by atoms with Gasteiger partial charge in [0.1, 0.15) is 0 Å². The number of carbonyl (C=O) groups excluding carboxylic acids is 2. The van der Waals surface area contributed by atoms with E-state index in [1.807, 2.05) is 31.2 Å². The van der Waals surface area contributed by atoms with E-state index in [9.17, 15) is 9.59 Å². The summed E-state index contributed by atoms with van der Waals surface area (Å²) in [5.74, 6) is 1.28. The number of nitrogens with zero attached hydrogens (tertiary/aromatic N) is 1. The van der Waals surface area contributed by atoms with E-state index >= 15 is 0 Å². The Bertz CT molecular complexity index is 1090. The normalized spacial score (nSPS) is 31.1. The summed E-state index contributed by atoms with van der Waals surface area (Å²) < 4.78 is 12.2. The number of esters is 1. The van der Waals surface area contributed by atoms with Crippen molar-refractivity contribution in [1.82, 2.24) is 4.90 Å². The molecular weight excluding hydrogens is 378 g/mol. The third-order valence-corrected chi connectivity index (χ3v) is 7.94. The number of piperidine rings is 1. The highest BCUT2D eigenvalue weighted by Gasteiger charge is 2.65. The molecule has 0 N–H and O–H groups in total. The third kappa shape index (κ3) is 2.21. The summed E-state index contributed by atoms with van der Waals surface area (Å²) in [6.45, 7) is 2.86. The van der Waals surface area contributed by atoms with Gasteiger partial charge in [0.05, 0.1) is 5.56 Å². The minimum absolute atomic E-state index is 0.190. The van der Waals surface area contributed by atoms with E-state index in [1.54, 1.807) is 6.07 Å². The van der Waals surface area contributed by atoms with Gasteiger partial charge < -0.3 is 14.4 Å². The molecular formula is C25H25NO4. The van der Waals surface area contributed by atoms with Crippen LogP contribution >= 0.6 is 0 Å². The number of hydrogen-bond donors (Lipinski definition) is 0. The average Bonchev–Trinajstić information content (AvgIpc) is 3.09. The summed E-state index contributed by atoms with van der Waals surface area (Å²) in [7, 11) is 2.20. The van der Waals surface area contributed by atoms with E-state index in [2.05, 4.69) is 18.0 Å². The van der Waals surface area contributed by atoms with Gasteiger partial charge in [-0.25, -0.2) is 4.79 Å². The van der Waals surface area contributed by atoms with Crippen LogP contribution < -0.4 is 9.47 Å². The molecule has 4 atom stereocenters. The number of likely N-dealkylation sites (tertiary alicyclic amines) is 1. The van der Waals surface area contributed by atoms with Gasteiger partial charge in [-0.1, -0.05) is 24.3 Å². The molecule has 2 aliphatic carbocycles. The van der Waals surface area contributed by atoms with Gasteiger partial charge in [-0.05, 0) is 69.0 Å². The van der Waals surface area contributed by atoms with Gasteiger partial charge in [0.25, 0.3) is 0 Å². The van der Waals surface area contributed by atoms with Crippen LogP contribution in [0, 0.1) is 12.8 Å². The van der Waals surface area contributed by atoms with E-state index in [4.69, 9.17) is 9.47 Å². The summed E-state index contributed by atoms with van der Waals surface area (Å²) >= 11 is 0. The fourth-order valence-corrected chi connectivity index (χ4v) is 6.55. The number of rotatable bonds is 2. The van der Waals surface area contributed by atoms with Crippen molar-refractivity contribution in [3.8, 4) is 11.5 Å². The number of carbonyl (C=O) groups is 2. The molecule has 154 valence electrons. The van der Waals surface area contributed by atoms with Crippen LogP contribution in [0.25, 0.3) is 0 Å². The maximum Gasteiger partial charge on any atom is 0.343 e. The number of benzene rings is 2.